The number of halogens is 1. The number of aliphatic hydroxyl groups is 1. The SMILES string of the molecule is CC(C(=O)c1ccccc1)C1(O)C(=O)Nc2ccc(Br)cc21. The van der Waals surface area contributed by atoms with E-state index in [0.29, 0.717) is 16.8 Å². The molecule has 0 aliphatic carbocycles. The fourth-order valence-corrected chi connectivity index (χ4v) is 3.11. The number of benzene rings is 2. The third kappa shape index (κ3) is 2.17. The van der Waals surface area contributed by atoms with Crippen LogP contribution in [0.4, 0.5) is 5.69 Å². The second-order valence-electron chi connectivity index (χ2n) is 5.36. The molecule has 2 aromatic rings. The summed E-state index contributed by atoms with van der Waals surface area (Å²) in [5.41, 5.74) is -0.446. The van der Waals surface area contributed by atoms with Crippen LogP contribution in [0.3, 0.4) is 0 Å². The quantitative estimate of drug-likeness (QED) is 0.827. The standard InChI is InChI=1S/C17H14BrNO3/c1-10(15(20)11-5-3-2-4-6-11)17(22)13-9-12(18)7-8-14(13)19-16(17)21/h2-10,22H,1H3,(H,19,21). The lowest BCUT2D eigenvalue weighted by Crippen LogP contribution is -2.44. The molecule has 5 heteroatoms. The average Bonchev–Trinajstić information content (AvgIpc) is 2.79. The van der Waals surface area contributed by atoms with E-state index in [1.807, 2.05) is 6.07 Å². The van der Waals surface area contributed by atoms with Crippen molar-refractivity contribution in [1.82, 2.24) is 0 Å². The van der Waals surface area contributed by atoms with E-state index >= 15 is 0 Å². The highest BCUT2D eigenvalue weighted by Gasteiger charge is 2.52. The van der Waals surface area contributed by atoms with Gasteiger partial charge in [-0.15, -0.1) is 0 Å². The Morgan fingerprint density at radius 1 is 1.23 bits per heavy atom. The number of Topliss-reactive ketones (excluding diaryl/α,β-unsaturated/α-hetero) is 1. The molecule has 112 valence electrons. The normalized spacial score (nSPS) is 21.1. The molecule has 0 saturated carbocycles. The Hall–Kier alpha value is -1.98. The Bertz CT molecular complexity index is 760. The van der Waals surface area contributed by atoms with Crippen molar-refractivity contribution in [1.29, 1.82) is 0 Å². The predicted molar refractivity (Wildman–Crippen MR) is 86.6 cm³/mol. The van der Waals surface area contributed by atoms with Gasteiger partial charge in [0, 0.05) is 21.3 Å². The van der Waals surface area contributed by atoms with Crippen LogP contribution < -0.4 is 5.32 Å². The van der Waals surface area contributed by atoms with Crippen LogP contribution >= 0.6 is 15.9 Å². The fraction of sp³-hybridized carbons (Fsp3) is 0.176. The van der Waals surface area contributed by atoms with Crippen molar-refractivity contribution in [2.75, 3.05) is 5.32 Å². The highest BCUT2D eigenvalue weighted by atomic mass is 79.9. The van der Waals surface area contributed by atoms with Crippen molar-refractivity contribution in [2.24, 2.45) is 5.92 Å². The van der Waals surface area contributed by atoms with E-state index in [9.17, 15) is 14.7 Å². The van der Waals surface area contributed by atoms with E-state index in [1.165, 1.54) is 0 Å². The van der Waals surface area contributed by atoms with Gasteiger partial charge in [0.15, 0.2) is 11.4 Å². The summed E-state index contributed by atoms with van der Waals surface area (Å²) in [4.78, 5) is 24.9. The number of amides is 1. The summed E-state index contributed by atoms with van der Waals surface area (Å²) in [5.74, 6) is -1.74. The number of hydrogen-bond donors (Lipinski definition) is 2. The Balaban J connectivity index is 2.05. The lowest BCUT2D eigenvalue weighted by atomic mass is 9.79. The van der Waals surface area contributed by atoms with E-state index in [2.05, 4.69) is 21.2 Å². The summed E-state index contributed by atoms with van der Waals surface area (Å²) < 4.78 is 0.737. The molecule has 2 atom stereocenters. The topological polar surface area (TPSA) is 66.4 Å². The molecule has 2 N–H and O–H groups in total. The molecule has 4 nitrogen and oxygen atoms in total. The van der Waals surface area contributed by atoms with Gasteiger partial charge in [-0.25, -0.2) is 0 Å². The lowest BCUT2D eigenvalue weighted by Gasteiger charge is -2.27. The van der Waals surface area contributed by atoms with Crippen molar-refractivity contribution in [3.8, 4) is 0 Å². The molecule has 0 bridgehead atoms. The van der Waals surface area contributed by atoms with Crippen LogP contribution in [0, 0.1) is 5.92 Å². The number of anilines is 1. The van der Waals surface area contributed by atoms with Crippen LogP contribution in [-0.2, 0) is 10.4 Å². The molecule has 0 saturated heterocycles. The van der Waals surface area contributed by atoms with E-state index in [4.69, 9.17) is 0 Å². The molecule has 1 amide bonds. The number of rotatable bonds is 3. The minimum atomic E-state index is -1.87. The second kappa shape index (κ2) is 5.34. The van der Waals surface area contributed by atoms with Crippen LogP contribution in [0.15, 0.2) is 53.0 Å². The molecule has 0 fully saturated rings. The minimum Gasteiger partial charge on any atom is -0.375 e. The van der Waals surface area contributed by atoms with Gasteiger partial charge in [-0.1, -0.05) is 53.2 Å². The zero-order chi connectivity index (χ0) is 15.9. The molecule has 0 radical (unpaired) electrons. The third-order valence-corrected chi connectivity index (χ3v) is 4.56. The smallest absolute Gasteiger partial charge is 0.261 e. The van der Waals surface area contributed by atoms with E-state index in [-0.39, 0.29) is 5.78 Å². The van der Waals surface area contributed by atoms with Gasteiger partial charge >= 0.3 is 0 Å². The molecule has 22 heavy (non-hydrogen) atoms. The summed E-state index contributed by atoms with van der Waals surface area (Å²) in [6, 6.07) is 13.8. The molecule has 2 unspecified atom stereocenters. The monoisotopic (exact) mass is 359 g/mol. The molecule has 3 rings (SSSR count). The number of nitrogens with one attached hydrogen (secondary N) is 1. The summed E-state index contributed by atoms with van der Waals surface area (Å²) in [5, 5.41) is 13.6. The summed E-state index contributed by atoms with van der Waals surface area (Å²) in [6.07, 6.45) is 0. The lowest BCUT2D eigenvalue weighted by molar-refractivity contribution is -0.137. The van der Waals surface area contributed by atoms with Gasteiger partial charge in [0.05, 0.1) is 5.92 Å². The van der Waals surface area contributed by atoms with Gasteiger partial charge in [-0.3, -0.25) is 9.59 Å². The first-order valence-corrected chi connectivity index (χ1v) is 7.67. The number of ketones is 1. The first-order valence-electron chi connectivity index (χ1n) is 6.87. The number of carbonyl (C=O) groups excluding carboxylic acids is 2. The van der Waals surface area contributed by atoms with Gasteiger partial charge in [0.1, 0.15) is 0 Å². The number of carbonyl (C=O) groups is 2. The van der Waals surface area contributed by atoms with E-state index in [1.54, 1.807) is 49.4 Å². The van der Waals surface area contributed by atoms with Crippen molar-refractivity contribution in [3.05, 3.63) is 64.1 Å². The van der Waals surface area contributed by atoms with Crippen molar-refractivity contribution in [3.63, 3.8) is 0 Å². The van der Waals surface area contributed by atoms with Crippen LogP contribution in [0.5, 0.6) is 0 Å². The fourth-order valence-electron chi connectivity index (χ4n) is 2.75. The molecular formula is C17H14BrNO3. The Labute approximate surface area is 136 Å². The highest BCUT2D eigenvalue weighted by Crippen LogP contribution is 2.43. The molecule has 1 aliphatic heterocycles. The first kappa shape index (κ1) is 14.9. The highest BCUT2D eigenvalue weighted by molar-refractivity contribution is 9.10. The van der Waals surface area contributed by atoms with Crippen LogP contribution in [0.25, 0.3) is 0 Å². The van der Waals surface area contributed by atoms with Gasteiger partial charge < -0.3 is 10.4 Å². The number of hydrogen-bond acceptors (Lipinski definition) is 3. The zero-order valence-electron chi connectivity index (χ0n) is 11.8. The van der Waals surface area contributed by atoms with Gasteiger partial charge in [-0.05, 0) is 18.2 Å². The van der Waals surface area contributed by atoms with Gasteiger partial charge in [0.25, 0.3) is 5.91 Å². The maximum Gasteiger partial charge on any atom is 0.261 e. The molecule has 0 spiro atoms. The Morgan fingerprint density at radius 2 is 1.91 bits per heavy atom. The van der Waals surface area contributed by atoms with Crippen molar-refractivity contribution in [2.45, 2.75) is 12.5 Å². The average molecular weight is 360 g/mol. The Kier molecular flexibility index (Phi) is 3.62. The maximum absolute atomic E-state index is 12.6. The van der Waals surface area contributed by atoms with Crippen molar-refractivity contribution < 1.29 is 14.7 Å². The van der Waals surface area contributed by atoms with Crippen LogP contribution in [0.2, 0.25) is 0 Å². The minimum absolute atomic E-state index is 0.272. The molecular weight excluding hydrogens is 346 g/mol. The molecule has 1 aliphatic rings. The maximum atomic E-state index is 12.6. The molecule has 2 aromatic carbocycles. The largest absolute Gasteiger partial charge is 0.375 e. The summed E-state index contributed by atoms with van der Waals surface area (Å²) in [7, 11) is 0. The first-order chi connectivity index (χ1) is 10.4. The summed E-state index contributed by atoms with van der Waals surface area (Å²) >= 11 is 3.33. The van der Waals surface area contributed by atoms with Crippen LogP contribution in [0.1, 0.15) is 22.8 Å². The van der Waals surface area contributed by atoms with Gasteiger partial charge in [-0.2, -0.15) is 0 Å². The number of fused-ring (bicyclic) bond motifs is 1. The van der Waals surface area contributed by atoms with Gasteiger partial charge in [0.2, 0.25) is 0 Å². The zero-order valence-corrected chi connectivity index (χ0v) is 13.4. The predicted octanol–water partition coefficient (Wildman–Crippen LogP) is 3.11. The summed E-state index contributed by atoms with van der Waals surface area (Å²) in [6.45, 7) is 1.57. The third-order valence-electron chi connectivity index (χ3n) is 4.06. The Morgan fingerprint density at radius 3 is 2.59 bits per heavy atom. The van der Waals surface area contributed by atoms with E-state index in [0.717, 1.165) is 4.47 Å². The van der Waals surface area contributed by atoms with E-state index < -0.39 is 17.4 Å². The molecule has 1 heterocycles. The second-order valence-corrected chi connectivity index (χ2v) is 6.28. The van der Waals surface area contributed by atoms with Crippen molar-refractivity contribution >= 4 is 33.3 Å². The molecule has 0 aromatic heterocycles. The van der Waals surface area contributed by atoms with Crippen LogP contribution in [-0.4, -0.2) is 16.8 Å².